The van der Waals surface area contributed by atoms with Crippen molar-refractivity contribution in [2.24, 2.45) is 5.92 Å². The topological polar surface area (TPSA) is 147 Å². The van der Waals surface area contributed by atoms with E-state index in [4.69, 9.17) is 18.9 Å². The van der Waals surface area contributed by atoms with E-state index in [0.29, 0.717) is 16.1 Å². The number of halogens is 3. The molecule has 0 unspecified atom stereocenters. The van der Waals surface area contributed by atoms with Crippen LogP contribution in [0.1, 0.15) is 46.1 Å². The van der Waals surface area contributed by atoms with Gasteiger partial charge in [-0.25, -0.2) is 0 Å². The minimum atomic E-state index is -3.52. The molecule has 3 aromatic rings. The maximum atomic E-state index is 10.8. The molecule has 0 aliphatic carbocycles. The van der Waals surface area contributed by atoms with E-state index in [0.717, 1.165) is 51.5 Å². The zero-order chi connectivity index (χ0) is 38.2. The zero-order valence-electron chi connectivity index (χ0n) is 30.6. The van der Waals surface area contributed by atoms with Gasteiger partial charge in [0.05, 0.1) is 56.6 Å². The molecule has 4 atom stereocenters. The Kier molecular flexibility index (Phi) is 23.8. The van der Waals surface area contributed by atoms with Gasteiger partial charge in [0.25, 0.3) is 20.2 Å². The molecule has 282 valence electrons. The summed E-state index contributed by atoms with van der Waals surface area (Å²) >= 11 is 10.3. The van der Waals surface area contributed by atoms with Gasteiger partial charge in [-0.2, -0.15) is 16.8 Å². The summed E-state index contributed by atoms with van der Waals surface area (Å²) in [5, 5.41) is 10.8. The number of ether oxygens (including phenoxy) is 4. The van der Waals surface area contributed by atoms with Crippen LogP contribution in [0, 0.1) is 5.92 Å². The standard InChI is InChI=1S/C20H24Br2O3.C7H7BrO2.C7H16O6S2.Na/c1-13(10-15-5-6-16(23-3)11-18(15)21)9-14(2)25-20-8-7-17(24-4)12-19(20)22;1-10-5-2-3-7(9)6(8)4-5;1-6(12-14(3,8)9)5-7(2)13-15(4,10)11;/h5-8,11-14H,9-10H2,1-4H3;2-4,9H,1H3;6-7H,5H2,1-4H3;/q;;;+1/p-1/t13-,14-;;6-,7+;/m0.../s1. The summed E-state index contributed by atoms with van der Waals surface area (Å²) < 4.78 is 76.1. The fourth-order valence-corrected chi connectivity index (χ4v) is 7.25. The van der Waals surface area contributed by atoms with E-state index < -0.39 is 32.4 Å². The summed E-state index contributed by atoms with van der Waals surface area (Å²) in [6, 6.07) is 16.6. The van der Waals surface area contributed by atoms with Crippen LogP contribution in [0.5, 0.6) is 28.7 Å². The van der Waals surface area contributed by atoms with Crippen molar-refractivity contribution in [1.82, 2.24) is 0 Å². The van der Waals surface area contributed by atoms with Crippen LogP contribution >= 0.6 is 47.8 Å². The van der Waals surface area contributed by atoms with Crippen molar-refractivity contribution in [3.8, 4) is 28.7 Å². The van der Waals surface area contributed by atoms with Gasteiger partial charge < -0.3 is 24.1 Å². The molecule has 0 aliphatic heterocycles. The molecule has 0 amide bonds. The molecule has 0 heterocycles. The Morgan fingerprint density at radius 1 is 0.627 bits per heavy atom. The predicted octanol–water partition coefficient (Wildman–Crippen LogP) is 4.91. The van der Waals surface area contributed by atoms with Crippen molar-refractivity contribution in [3.05, 3.63) is 73.6 Å². The number of hydrogen-bond donors (Lipinski definition) is 0. The number of methoxy groups -OCH3 is 3. The molecule has 0 aromatic heterocycles. The summed E-state index contributed by atoms with van der Waals surface area (Å²) in [5.41, 5.74) is 1.28. The third-order valence-corrected chi connectivity index (χ3v) is 9.84. The number of rotatable bonds is 15. The van der Waals surface area contributed by atoms with E-state index in [1.54, 1.807) is 33.5 Å². The van der Waals surface area contributed by atoms with Gasteiger partial charge in [-0.05, 0) is 103 Å². The Morgan fingerprint density at radius 3 is 1.47 bits per heavy atom. The van der Waals surface area contributed by atoms with Gasteiger partial charge in [-0.15, -0.1) is 0 Å². The second-order valence-corrected chi connectivity index (χ2v) is 17.2. The van der Waals surface area contributed by atoms with Crippen molar-refractivity contribution in [2.45, 2.75) is 65.3 Å². The van der Waals surface area contributed by atoms with E-state index in [-0.39, 0.29) is 47.8 Å². The van der Waals surface area contributed by atoms with Gasteiger partial charge in [0, 0.05) is 15.4 Å². The molecule has 51 heavy (non-hydrogen) atoms. The van der Waals surface area contributed by atoms with Gasteiger partial charge in [0.1, 0.15) is 23.0 Å². The molecule has 0 radical (unpaired) electrons. The Bertz CT molecular complexity index is 1610. The first-order valence-corrected chi connectivity index (χ1v) is 21.3. The second-order valence-electron chi connectivity index (χ2n) is 11.5. The smallest absolute Gasteiger partial charge is 0.872 e. The minimum absolute atomic E-state index is 0. The Morgan fingerprint density at radius 2 is 1.06 bits per heavy atom. The molecule has 0 fully saturated rings. The Balaban J connectivity index is 0.000000816. The maximum absolute atomic E-state index is 10.8. The molecular weight excluding hydrogens is 911 g/mol. The summed E-state index contributed by atoms with van der Waals surface area (Å²) in [6.07, 6.45) is 2.90. The number of benzene rings is 3. The van der Waals surface area contributed by atoms with Crippen LogP contribution in [0.15, 0.2) is 68.0 Å². The van der Waals surface area contributed by atoms with Crippen molar-refractivity contribution >= 4 is 68.0 Å². The fraction of sp³-hybridized carbons (Fsp3) is 0.471. The van der Waals surface area contributed by atoms with E-state index >= 15 is 0 Å². The van der Waals surface area contributed by atoms with Crippen LogP contribution in [0.3, 0.4) is 0 Å². The SMILES string of the molecule is COc1ccc(C[C@@H](C)C[C@H](C)Oc2ccc(OC)cc2Br)c(Br)c1.COc1ccc([O-])c(Br)c1.C[C@H](C[C@H](C)OS(C)(=O)=O)OS(C)(=O)=O.[Na+]. The first kappa shape index (κ1) is 49.9. The molecule has 0 spiro atoms. The normalized spacial score (nSPS) is 13.4. The quantitative estimate of drug-likeness (QED) is 0.151. The fourth-order valence-electron chi connectivity index (χ4n) is 4.57. The average molecular weight is 958 g/mol. The predicted molar refractivity (Wildman–Crippen MR) is 205 cm³/mol. The summed E-state index contributed by atoms with van der Waals surface area (Å²) in [7, 11) is -2.14. The van der Waals surface area contributed by atoms with Crippen LogP contribution in [0.25, 0.3) is 0 Å². The Labute approximate surface area is 351 Å². The maximum Gasteiger partial charge on any atom is 1.00 e. The van der Waals surface area contributed by atoms with Crippen molar-refractivity contribution in [1.29, 1.82) is 0 Å². The molecule has 3 aromatic carbocycles. The van der Waals surface area contributed by atoms with Crippen LogP contribution in [0.2, 0.25) is 0 Å². The molecule has 0 bridgehead atoms. The second kappa shape index (κ2) is 24.4. The third-order valence-electron chi connectivity index (χ3n) is 6.51. The van der Waals surface area contributed by atoms with Gasteiger partial charge in [0.2, 0.25) is 0 Å². The Hall–Kier alpha value is -1.08. The van der Waals surface area contributed by atoms with Crippen LogP contribution in [0.4, 0.5) is 0 Å². The van der Waals surface area contributed by atoms with E-state index in [1.165, 1.54) is 25.5 Å². The van der Waals surface area contributed by atoms with Gasteiger partial charge in [-0.1, -0.05) is 56.7 Å². The van der Waals surface area contributed by atoms with E-state index in [9.17, 15) is 21.9 Å². The van der Waals surface area contributed by atoms with Crippen molar-refractivity contribution in [3.63, 3.8) is 0 Å². The molecule has 0 aliphatic rings. The van der Waals surface area contributed by atoms with E-state index in [1.807, 2.05) is 30.3 Å². The third kappa shape index (κ3) is 22.0. The first-order chi connectivity index (χ1) is 23.2. The van der Waals surface area contributed by atoms with Crippen molar-refractivity contribution < 1.29 is 78.8 Å². The van der Waals surface area contributed by atoms with Gasteiger partial charge in [-0.3, -0.25) is 8.37 Å². The summed E-state index contributed by atoms with van der Waals surface area (Å²) in [6.45, 7) is 7.42. The largest absolute Gasteiger partial charge is 1.00 e. The average Bonchev–Trinajstić information content (AvgIpc) is 2.99. The zero-order valence-corrected chi connectivity index (χ0v) is 39.0. The van der Waals surface area contributed by atoms with Crippen LogP contribution in [-0.4, -0.2) is 69.0 Å². The molecule has 17 heteroatoms. The molecular formula is C34H46Br3NaO11S2. The molecule has 0 N–H and O–H groups in total. The first-order valence-electron chi connectivity index (χ1n) is 15.3. The minimum Gasteiger partial charge on any atom is -0.872 e. The molecule has 3 rings (SSSR count). The summed E-state index contributed by atoms with van der Waals surface area (Å²) in [4.78, 5) is 0. The number of hydrogen-bond acceptors (Lipinski definition) is 11. The van der Waals surface area contributed by atoms with Crippen LogP contribution in [-0.2, 0) is 35.0 Å². The summed E-state index contributed by atoms with van der Waals surface area (Å²) in [5.74, 6) is 3.67. The monoisotopic (exact) mass is 954 g/mol. The molecule has 0 saturated carbocycles. The van der Waals surface area contributed by atoms with Gasteiger partial charge >= 0.3 is 29.6 Å². The van der Waals surface area contributed by atoms with E-state index in [2.05, 4.69) is 76.1 Å². The molecule has 0 saturated heterocycles. The van der Waals surface area contributed by atoms with Crippen LogP contribution < -0.4 is 53.6 Å². The molecule has 11 nitrogen and oxygen atoms in total. The van der Waals surface area contributed by atoms with Gasteiger partial charge in [0.15, 0.2) is 0 Å². The van der Waals surface area contributed by atoms with Crippen molar-refractivity contribution in [2.75, 3.05) is 33.8 Å².